The molecule has 0 unspecified atom stereocenters. The first kappa shape index (κ1) is 18.2. The fraction of sp³-hybridized carbons (Fsp3) is 0.455. The molecule has 0 radical (unpaired) electrons. The Morgan fingerprint density at radius 2 is 1.95 bits per heavy atom. The van der Waals surface area contributed by atoms with Crippen molar-refractivity contribution in [2.75, 3.05) is 27.2 Å². The number of alkyl halides is 3. The number of rotatable bonds is 6. The number of ether oxygens (including phenoxy) is 1. The minimum atomic E-state index is -4.98. The van der Waals surface area contributed by atoms with Gasteiger partial charge in [-0.25, -0.2) is 13.1 Å². The Labute approximate surface area is 129 Å². The number of hydrogen-bond acceptors (Lipinski definition) is 4. The van der Waals surface area contributed by atoms with E-state index in [1.54, 1.807) is 19.0 Å². The summed E-state index contributed by atoms with van der Waals surface area (Å²) in [7, 11) is -0.614. The molecule has 21 heavy (non-hydrogen) atoms. The Morgan fingerprint density at radius 3 is 2.48 bits per heavy atom. The lowest BCUT2D eigenvalue weighted by Gasteiger charge is -2.15. The normalized spacial score (nSPS) is 12.7. The second-order valence-corrected chi connectivity index (χ2v) is 6.99. The molecule has 0 aliphatic rings. The molecule has 0 heterocycles. The van der Waals surface area contributed by atoms with E-state index in [0.717, 1.165) is 12.1 Å². The molecule has 10 heteroatoms. The van der Waals surface area contributed by atoms with Crippen molar-refractivity contribution in [2.45, 2.75) is 11.3 Å². The van der Waals surface area contributed by atoms with Crippen LogP contribution in [0.4, 0.5) is 13.2 Å². The predicted octanol–water partition coefficient (Wildman–Crippen LogP) is 2.19. The molecule has 0 bridgehead atoms. The minimum Gasteiger partial charge on any atom is -0.404 e. The van der Waals surface area contributed by atoms with Crippen LogP contribution in [0.15, 0.2) is 27.6 Å². The molecule has 0 atom stereocenters. The molecule has 1 aromatic carbocycles. The number of nitrogens with one attached hydrogen (secondary N) is 1. The SMILES string of the molecule is CN(C)CCNS(=O)(=O)c1ccc(Br)cc1OC(F)(F)F. The van der Waals surface area contributed by atoms with Gasteiger partial charge in [0.2, 0.25) is 10.0 Å². The first-order valence-electron chi connectivity index (χ1n) is 5.71. The van der Waals surface area contributed by atoms with E-state index < -0.39 is 27.0 Å². The van der Waals surface area contributed by atoms with E-state index in [-0.39, 0.29) is 11.0 Å². The highest BCUT2D eigenvalue weighted by Gasteiger charge is 2.34. The van der Waals surface area contributed by atoms with Gasteiger partial charge in [0.15, 0.2) is 5.75 Å². The van der Waals surface area contributed by atoms with Crippen LogP contribution in [0.25, 0.3) is 0 Å². The predicted molar refractivity (Wildman–Crippen MR) is 74.6 cm³/mol. The molecule has 0 aliphatic carbocycles. The van der Waals surface area contributed by atoms with E-state index in [1.807, 2.05) is 0 Å². The van der Waals surface area contributed by atoms with Gasteiger partial charge in [-0.3, -0.25) is 0 Å². The molecule has 0 fully saturated rings. The standard InChI is InChI=1S/C11H14BrF3N2O3S/c1-17(2)6-5-16-21(18,19)10-4-3-8(12)7-9(10)20-11(13,14)15/h3-4,7,16H,5-6H2,1-2H3. The molecular weight excluding hydrogens is 377 g/mol. The van der Waals surface area contributed by atoms with Gasteiger partial charge in [0, 0.05) is 17.6 Å². The van der Waals surface area contributed by atoms with Crippen LogP contribution in [0.2, 0.25) is 0 Å². The Hall–Kier alpha value is -0.840. The van der Waals surface area contributed by atoms with Crippen molar-refractivity contribution in [3.8, 4) is 5.75 Å². The van der Waals surface area contributed by atoms with E-state index in [1.165, 1.54) is 6.07 Å². The molecule has 1 rings (SSSR count). The minimum absolute atomic E-state index is 0.0663. The van der Waals surface area contributed by atoms with Gasteiger partial charge in [0.05, 0.1) is 0 Å². The largest absolute Gasteiger partial charge is 0.573 e. The van der Waals surface area contributed by atoms with E-state index in [2.05, 4.69) is 25.4 Å². The lowest BCUT2D eigenvalue weighted by molar-refractivity contribution is -0.275. The van der Waals surface area contributed by atoms with Crippen LogP contribution in [0, 0.1) is 0 Å². The number of sulfonamides is 1. The fourth-order valence-corrected chi connectivity index (χ4v) is 2.86. The van der Waals surface area contributed by atoms with Crippen LogP contribution in [0.5, 0.6) is 5.75 Å². The lowest BCUT2D eigenvalue weighted by atomic mass is 10.3. The molecule has 0 amide bonds. The van der Waals surface area contributed by atoms with Gasteiger partial charge in [-0.1, -0.05) is 15.9 Å². The topological polar surface area (TPSA) is 58.6 Å². The first-order chi connectivity index (χ1) is 9.51. The van der Waals surface area contributed by atoms with Gasteiger partial charge in [-0.15, -0.1) is 13.2 Å². The van der Waals surface area contributed by atoms with Crippen LogP contribution in [-0.4, -0.2) is 46.9 Å². The highest BCUT2D eigenvalue weighted by atomic mass is 79.9. The third kappa shape index (κ3) is 6.20. The summed E-state index contributed by atoms with van der Waals surface area (Å²) in [4.78, 5) is 1.17. The van der Waals surface area contributed by atoms with Crippen molar-refractivity contribution >= 4 is 26.0 Å². The van der Waals surface area contributed by atoms with Crippen LogP contribution in [-0.2, 0) is 10.0 Å². The van der Waals surface area contributed by atoms with Crippen molar-refractivity contribution in [1.29, 1.82) is 0 Å². The maximum absolute atomic E-state index is 12.3. The maximum Gasteiger partial charge on any atom is 0.573 e. The number of halogens is 4. The number of nitrogens with zero attached hydrogens (tertiary/aromatic N) is 1. The molecule has 1 N–H and O–H groups in total. The zero-order valence-electron chi connectivity index (χ0n) is 11.2. The van der Waals surface area contributed by atoms with E-state index in [0.29, 0.717) is 6.54 Å². The summed E-state index contributed by atoms with van der Waals surface area (Å²) in [5.74, 6) is -0.783. The van der Waals surface area contributed by atoms with Gasteiger partial charge in [-0.2, -0.15) is 0 Å². The zero-order chi connectivity index (χ0) is 16.3. The average molecular weight is 391 g/mol. The Bertz CT molecular complexity index is 591. The molecule has 0 saturated heterocycles. The highest BCUT2D eigenvalue weighted by Crippen LogP contribution is 2.32. The first-order valence-corrected chi connectivity index (χ1v) is 7.98. The van der Waals surface area contributed by atoms with E-state index >= 15 is 0 Å². The summed E-state index contributed by atoms with van der Waals surface area (Å²) in [6.45, 7) is 0.474. The quantitative estimate of drug-likeness (QED) is 0.808. The number of benzene rings is 1. The second kappa shape index (κ2) is 6.95. The summed E-state index contributed by atoms with van der Waals surface area (Å²) >= 11 is 2.97. The van der Waals surface area contributed by atoms with Crippen molar-refractivity contribution in [3.63, 3.8) is 0 Å². The third-order valence-electron chi connectivity index (χ3n) is 2.27. The number of likely N-dealkylation sites (N-methyl/N-ethyl adjacent to an activating group) is 1. The molecule has 0 aromatic heterocycles. The van der Waals surface area contributed by atoms with Crippen LogP contribution < -0.4 is 9.46 Å². The van der Waals surface area contributed by atoms with Crippen molar-refractivity contribution in [1.82, 2.24) is 9.62 Å². The van der Waals surface area contributed by atoms with Gasteiger partial charge < -0.3 is 9.64 Å². The van der Waals surface area contributed by atoms with Gasteiger partial charge >= 0.3 is 6.36 Å². The lowest BCUT2D eigenvalue weighted by Crippen LogP contribution is -2.32. The third-order valence-corrected chi connectivity index (χ3v) is 4.27. The molecule has 0 saturated carbocycles. The summed E-state index contributed by atoms with van der Waals surface area (Å²) < 4.78 is 67.4. The van der Waals surface area contributed by atoms with Gasteiger partial charge in [0.1, 0.15) is 4.90 Å². The van der Waals surface area contributed by atoms with Gasteiger partial charge in [-0.05, 0) is 32.3 Å². The Morgan fingerprint density at radius 1 is 1.33 bits per heavy atom. The monoisotopic (exact) mass is 390 g/mol. The highest BCUT2D eigenvalue weighted by molar-refractivity contribution is 9.10. The molecule has 120 valence electrons. The number of hydrogen-bond donors (Lipinski definition) is 1. The summed E-state index contributed by atoms with van der Waals surface area (Å²) in [5.41, 5.74) is 0. The zero-order valence-corrected chi connectivity index (χ0v) is 13.6. The van der Waals surface area contributed by atoms with Crippen LogP contribution in [0.1, 0.15) is 0 Å². The second-order valence-electron chi connectivity index (χ2n) is 4.34. The molecule has 0 aliphatic heterocycles. The van der Waals surface area contributed by atoms with E-state index in [4.69, 9.17) is 0 Å². The smallest absolute Gasteiger partial charge is 0.404 e. The average Bonchev–Trinajstić information content (AvgIpc) is 2.25. The van der Waals surface area contributed by atoms with Crippen molar-refractivity contribution < 1.29 is 26.3 Å². The fourth-order valence-electron chi connectivity index (χ4n) is 1.39. The Kier molecular flexibility index (Phi) is 6.02. The van der Waals surface area contributed by atoms with Crippen molar-refractivity contribution in [2.24, 2.45) is 0 Å². The molecule has 1 aromatic rings. The summed E-state index contributed by atoms with van der Waals surface area (Å²) in [5, 5.41) is 0. The molecule has 5 nitrogen and oxygen atoms in total. The van der Waals surface area contributed by atoms with Crippen LogP contribution >= 0.6 is 15.9 Å². The van der Waals surface area contributed by atoms with E-state index in [9.17, 15) is 21.6 Å². The van der Waals surface area contributed by atoms with Crippen molar-refractivity contribution in [3.05, 3.63) is 22.7 Å². The molecule has 0 spiro atoms. The molecular formula is C11H14BrF3N2O3S. The summed E-state index contributed by atoms with van der Waals surface area (Å²) in [6, 6.07) is 3.32. The Balaban J connectivity index is 3.05. The maximum atomic E-state index is 12.3. The van der Waals surface area contributed by atoms with Crippen LogP contribution in [0.3, 0.4) is 0 Å². The summed E-state index contributed by atoms with van der Waals surface area (Å²) in [6.07, 6.45) is -4.98. The van der Waals surface area contributed by atoms with Gasteiger partial charge in [0.25, 0.3) is 0 Å².